The van der Waals surface area contributed by atoms with E-state index in [1.165, 1.54) is 43.4 Å². The molecule has 0 aromatic carbocycles. The molecule has 0 aliphatic heterocycles. The average molecular weight is 249 g/mol. The van der Waals surface area contributed by atoms with Crippen molar-refractivity contribution in [3.05, 3.63) is 17.5 Å². The minimum Gasteiger partial charge on any atom is -0.380 e. The maximum Gasteiger partial charge on any atom is 0.0591 e. The molecule has 1 aromatic rings. The Morgan fingerprint density at radius 1 is 1.44 bits per heavy atom. The Balaban J connectivity index is 1.44. The van der Waals surface area contributed by atoms with Crippen molar-refractivity contribution in [2.75, 3.05) is 19.8 Å². The maximum absolute atomic E-state index is 5.66. The summed E-state index contributed by atoms with van der Waals surface area (Å²) in [6.45, 7) is 2.75. The van der Waals surface area contributed by atoms with Gasteiger partial charge in [0.2, 0.25) is 0 Å². The summed E-state index contributed by atoms with van der Waals surface area (Å²) in [4.78, 5) is 0. The lowest BCUT2D eigenvalue weighted by atomic mass is 9.93. The lowest BCUT2D eigenvalue weighted by Gasteiger charge is -2.23. The summed E-state index contributed by atoms with van der Waals surface area (Å²) in [6.07, 6.45) is 8.41. The standard InChI is InChI=1S/C14H23N3O/c1-17-14-4-2-3-13(12(14)9-16-17)15-7-8-18-10-11-5-6-11/h9,11,13,15H,2-8,10H2,1H3. The predicted octanol–water partition coefficient (Wildman–Crippen LogP) is 1.81. The van der Waals surface area contributed by atoms with Gasteiger partial charge in [-0.1, -0.05) is 0 Å². The van der Waals surface area contributed by atoms with Crippen LogP contribution in [0.3, 0.4) is 0 Å². The third kappa shape index (κ3) is 2.75. The minimum absolute atomic E-state index is 0.479. The van der Waals surface area contributed by atoms with E-state index in [0.29, 0.717) is 6.04 Å². The quantitative estimate of drug-likeness (QED) is 0.782. The van der Waals surface area contributed by atoms with Gasteiger partial charge in [0.15, 0.2) is 0 Å². The Morgan fingerprint density at radius 2 is 2.33 bits per heavy atom. The molecule has 1 heterocycles. The van der Waals surface area contributed by atoms with E-state index in [0.717, 1.165) is 25.7 Å². The van der Waals surface area contributed by atoms with Crippen LogP contribution in [0, 0.1) is 5.92 Å². The lowest BCUT2D eigenvalue weighted by Crippen LogP contribution is -2.28. The first-order chi connectivity index (χ1) is 8.84. The van der Waals surface area contributed by atoms with E-state index in [2.05, 4.69) is 10.4 Å². The fraction of sp³-hybridized carbons (Fsp3) is 0.786. The first kappa shape index (κ1) is 12.2. The van der Waals surface area contributed by atoms with Gasteiger partial charge in [-0.05, 0) is 38.0 Å². The van der Waals surface area contributed by atoms with E-state index < -0.39 is 0 Å². The Labute approximate surface area is 109 Å². The zero-order chi connectivity index (χ0) is 12.4. The predicted molar refractivity (Wildman–Crippen MR) is 70.4 cm³/mol. The molecular formula is C14H23N3O. The molecule has 2 aliphatic rings. The van der Waals surface area contributed by atoms with E-state index in [4.69, 9.17) is 4.74 Å². The molecule has 1 atom stereocenters. The van der Waals surface area contributed by atoms with Gasteiger partial charge in [0, 0.05) is 37.5 Å². The summed E-state index contributed by atoms with van der Waals surface area (Å²) in [5.41, 5.74) is 2.79. The minimum atomic E-state index is 0.479. The van der Waals surface area contributed by atoms with Gasteiger partial charge >= 0.3 is 0 Å². The van der Waals surface area contributed by atoms with Crippen LogP contribution in [-0.4, -0.2) is 29.5 Å². The fourth-order valence-electron chi connectivity index (χ4n) is 2.76. The number of hydrogen-bond donors (Lipinski definition) is 1. The van der Waals surface area contributed by atoms with Crippen LogP contribution in [0.5, 0.6) is 0 Å². The molecule has 18 heavy (non-hydrogen) atoms. The zero-order valence-electron chi connectivity index (χ0n) is 11.2. The van der Waals surface area contributed by atoms with Crippen LogP contribution in [0.2, 0.25) is 0 Å². The number of ether oxygens (including phenoxy) is 1. The molecule has 1 fully saturated rings. The third-order valence-corrected chi connectivity index (χ3v) is 4.06. The molecule has 0 radical (unpaired) electrons. The molecule has 1 N–H and O–H groups in total. The van der Waals surface area contributed by atoms with Crippen molar-refractivity contribution in [3.8, 4) is 0 Å². The van der Waals surface area contributed by atoms with Gasteiger partial charge in [-0.2, -0.15) is 5.10 Å². The molecule has 0 bridgehead atoms. The summed E-state index contributed by atoms with van der Waals surface area (Å²) >= 11 is 0. The summed E-state index contributed by atoms with van der Waals surface area (Å²) in [5.74, 6) is 0.865. The molecule has 1 unspecified atom stereocenters. The number of hydrogen-bond acceptors (Lipinski definition) is 3. The van der Waals surface area contributed by atoms with Gasteiger partial charge in [-0.3, -0.25) is 4.68 Å². The van der Waals surface area contributed by atoms with Crippen molar-refractivity contribution in [1.82, 2.24) is 15.1 Å². The molecule has 0 spiro atoms. The number of aryl methyl sites for hydroxylation is 1. The Morgan fingerprint density at radius 3 is 3.17 bits per heavy atom. The largest absolute Gasteiger partial charge is 0.380 e. The Hall–Kier alpha value is -0.870. The van der Waals surface area contributed by atoms with Crippen LogP contribution in [0.15, 0.2) is 6.20 Å². The molecule has 4 nitrogen and oxygen atoms in total. The van der Waals surface area contributed by atoms with Gasteiger partial charge in [0.05, 0.1) is 12.8 Å². The molecule has 1 aromatic heterocycles. The Kier molecular flexibility index (Phi) is 3.66. The number of aromatic nitrogens is 2. The number of nitrogens with zero attached hydrogens (tertiary/aromatic N) is 2. The smallest absolute Gasteiger partial charge is 0.0591 e. The van der Waals surface area contributed by atoms with Crippen LogP contribution in [0.1, 0.15) is 43.0 Å². The molecule has 100 valence electrons. The van der Waals surface area contributed by atoms with Crippen molar-refractivity contribution >= 4 is 0 Å². The van der Waals surface area contributed by atoms with Crippen LogP contribution in [-0.2, 0) is 18.2 Å². The second-order valence-electron chi connectivity index (χ2n) is 5.59. The highest BCUT2D eigenvalue weighted by molar-refractivity contribution is 5.24. The van der Waals surface area contributed by atoms with E-state index in [9.17, 15) is 0 Å². The molecule has 0 saturated heterocycles. The SMILES string of the molecule is Cn1ncc2c1CCCC2NCCOCC1CC1. The van der Waals surface area contributed by atoms with Crippen molar-refractivity contribution in [2.45, 2.75) is 38.1 Å². The van der Waals surface area contributed by atoms with E-state index in [1.807, 2.05) is 17.9 Å². The van der Waals surface area contributed by atoms with Crippen LogP contribution in [0.4, 0.5) is 0 Å². The molecule has 1 saturated carbocycles. The third-order valence-electron chi connectivity index (χ3n) is 4.06. The molecule has 2 aliphatic carbocycles. The van der Waals surface area contributed by atoms with Gasteiger partial charge in [-0.15, -0.1) is 0 Å². The fourth-order valence-corrected chi connectivity index (χ4v) is 2.76. The van der Waals surface area contributed by atoms with Gasteiger partial charge in [0.25, 0.3) is 0 Å². The normalized spacial score (nSPS) is 23.1. The van der Waals surface area contributed by atoms with E-state index in [1.54, 1.807) is 0 Å². The van der Waals surface area contributed by atoms with Crippen LogP contribution >= 0.6 is 0 Å². The highest BCUT2D eigenvalue weighted by Crippen LogP contribution is 2.29. The van der Waals surface area contributed by atoms with Crippen LogP contribution < -0.4 is 5.32 Å². The number of rotatable bonds is 6. The van der Waals surface area contributed by atoms with Crippen molar-refractivity contribution in [1.29, 1.82) is 0 Å². The molecular weight excluding hydrogens is 226 g/mol. The van der Waals surface area contributed by atoms with Crippen molar-refractivity contribution in [2.24, 2.45) is 13.0 Å². The van der Waals surface area contributed by atoms with Gasteiger partial charge < -0.3 is 10.1 Å². The zero-order valence-corrected chi connectivity index (χ0v) is 11.2. The summed E-state index contributed by atoms with van der Waals surface area (Å²) in [5, 5.41) is 7.98. The number of fused-ring (bicyclic) bond motifs is 1. The van der Waals surface area contributed by atoms with E-state index in [-0.39, 0.29) is 0 Å². The molecule has 3 rings (SSSR count). The van der Waals surface area contributed by atoms with E-state index >= 15 is 0 Å². The topological polar surface area (TPSA) is 39.1 Å². The highest BCUT2D eigenvalue weighted by Gasteiger charge is 2.23. The van der Waals surface area contributed by atoms with Crippen molar-refractivity contribution in [3.63, 3.8) is 0 Å². The maximum atomic E-state index is 5.66. The lowest BCUT2D eigenvalue weighted by molar-refractivity contribution is 0.123. The summed E-state index contributed by atoms with van der Waals surface area (Å²) in [6, 6.07) is 0.479. The second-order valence-corrected chi connectivity index (χ2v) is 5.59. The highest BCUT2D eigenvalue weighted by atomic mass is 16.5. The number of nitrogens with one attached hydrogen (secondary N) is 1. The second kappa shape index (κ2) is 5.41. The monoisotopic (exact) mass is 249 g/mol. The van der Waals surface area contributed by atoms with Crippen LogP contribution in [0.25, 0.3) is 0 Å². The first-order valence-corrected chi connectivity index (χ1v) is 7.16. The average Bonchev–Trinajstić information content (AvgIpc) is 3.13. The first-order valence-electron chi connectivity index (χ1n) is 7.16. The Bertz CT molecular complexity index is 398. The van der Waals surface area contributed by atoms with Gasteiger partial charge in [0.1, 0.15) is 0 Å². The van der Waals surface area contributed by atoms with Gasteiger partial charge in [-0.25, -0.2) is 0 Å². The van der Waals surface area contributed by atoms with Crippen molar-refractivity contribution < 1.29 is 4.74 Å². The molecule has 4 heteroatoms. The molecule has 0 amide bonds. The summed E-state index contributed by atoms with van der Waals surface area (Å²) in [7, 11) is 2.04. The summed E-state index contributed by atoms with van der Waals surface area (Å²) < 4.78 is 7.68.